The molecule has 4 aromatic rings. The van der Waals surface area contributed by atoms with Crippen molar-refractivity contribution in [2.75, 3.05) is 0 Å². The average Bonchev–Trinajstić information content (AvgIpc) is 2.92. The number of phenols is 8. The molecule has 8 N–H and O–H groups in total. The first-order chi connectivity index (χ1) is 18.9. The largest absolute Gasteiger partial charge is 0.508 e. The number of carbonyl (C=O) groups excluding carboxylic acids is 2. The summed E-state index contributed by atoms with van der Waals surface area (Å²) in [6.07, 6.45) is 0. The van der Waals surface area contributed by atoms with E-state index in [1.165, 1.54) is 55.5 Å². The van der Waals surface area contributed by atoms with Gasteiger partial charge in [-0.05, 0) is 60.7 Å². The number of benzene rings is 4. The van der Waals surface area contributed by atoms with E-state index in [-0.39, 0.29) is 34.1 Å². The SMILES string of the molecule is CC(c1cc(C(=O)Oc2ccc(O)cc2)c(O)c(O)c1O)c1cc(C(=O)Oc2ccc(O)cc2)c(O)c(O)c1O. The van der Waals surface area contributed by atoms with Crippen molar-refractivity contribution in [3.63, 3.8) is 0 Å². The molecular formula is C28H22O12. The Morgan fingerprint density at radius 3 is 1.18 bits per heavy atom. The van der Waals surface area contributed by atoms with E-state index in [1.54, 1.807) is 0 Å². The molecule has 0 spiro atoms. The molecule has 40 heavy (non-hydrogen) atoms. The first-order valence-electron chi connectivity index (χ1n) is 11.5. The van der Waals surface area contributed by atoms with E-state index in [9.17, 15) is 50.4 Å². The molecule has 0 aliphatic rings. The molecule has 0 saturated heterocycles. The van der Waals surface area contributed by atoms with Gasteiger partial charge in [-0.15, -0.1) is 0 Å². The molecule has 206 valence electrons. The van der Waals surface area contributed by atoms with Crippen LogP contribution >= 0.6 is 0 Å². The van der Waals surface area contributed by atoms with Crippen LogP contribution in [0.15, 0.2) is 60.7 Å². The van der Waals surface area contributed by atoms with Gasteiger partial charge in [0.2, 0.25) is 11.5 Å². The van der Waals surface area contributed by atoms with E-state index >= 15 is 0 Å². The number of hydrogen-bond donors (Lipinski definition) is 8. The van der Waals surface area contributed by atoms with E-state index in [4.69, 9.17) is 9.47 Å². The molecule has 0 aliphatic carbocycles. The molecule has 12 nitrogen and oxygen atoms in total. The fourth-order valence-electron chi connectivity index (χ4n) is 3.83. The third-order valence-corrected chi connectivity index (χ3v) is 6.02. The third kappa shape index (κ3) is 5.13. The molecule has 0 heterocycles. The van der Waals surface area contributed by atoms with Crippen molar-refractivity contribution in [3.8, 4) is 57.5 Å². The summed E-state index contributed by atoms with van der Waals surface area (Å²) in [7, 11) is 0. The second-order valence-corrected chi connectivity index (χ2v) is 8.61. The van der Waals surface area contributed by atoms with Crippen LogP contribution in [0.3, 0.4) is 0 Å². The molecule has 0 saturated carbocycles. The summed E-state index contributed by atoms with van der Waals surface area (Å²) in [6.45, 7) is 1.36. The second kappa shape index (κ2) is 10.5. The number of ether oxygens (including phenoxy) is 2. The molecule has 0 bridgehead atoms. The lowest BCUT2D eigenvalue weighted by Crippen LogP contribution is -2.12. The van der Waals surface area contributed by atoms with E-state index in [0.29, 0.717) is 0 Å². The molecule has 0 atom stereocenters. The lowest BCUT2D eigenvalue weighted by atomic mass is 9.88. The zero-order valence-electron chi connectivity index (χ0n) is 20.6. The van der Waals surface area contributed by atoms with Crippen LogP contribution in [0.1, 0.15) is 44.7 Å². The van der Waals surface area contributed by atoms with E-state index in [0.717, 1.165) is 12.1 Å². The number of esters is 2. The van der Waals surface area contributed by atoms with Crippen LogP contribution in [0.5, 0.6) is 57.5 Å². The maximum Gasteiger partial charge on any atom is 0.347 e. The Kier molecular flexibility index (Phi) is 7.18. The number of phenolic OH excluding ortho intramolecular Hbond substituents is 8. The Balaban J connectivity index is 1.74. The van der Waals surface area contributed by atoms with Gasteiger partial charge in [-0.3, -0.25) is 0 Å². The normalized spacial score (nSPS) is 10.8. The van der Waals surface area contributed by atoms with E-state index in [2.05, 4.69) is 0 Å². The van der Waals surface area contributed by atoms with Gasteiger partial charge in [0.15, 0.2) is 23.0 Å². The van der Waals surface area contributed by atoms with E-state index in [1.807, 2.05) is 0 Å². The van der Waals surface area contributed by atoms with Gasteiger partial charge >= 0.3 is 11.9 Å². The maximum absolute atomic E-state index is 12.8. The number of rotatable bonds is 6. The van der Waals surface area contributed by atoms with Crippen LogP contribution in [0.2, 0.25) is 0 Å². The van der Waals surface area contributed by atoms with Gasteiger partial charge in [-0.25, -0.2) is 9.59 Å². The van der Waals surface area contributed by atoms with Gasteiger partial charge in [0.05, 0.1) is 0 Å². The van der Waals surface area contributed by atoms with Gasteiger partial charge in [-0.1, -0.05) is 6.92 Å². The summed E-state index contributed by atoms with van der Waals surface area (Å²) in [4.78, 5) is 25.5. The van der Waals surface area contributed by atoms with Crippen molar-refractivity contribution in [1.29, 1.82) is 0 Å². The summed E-state index contributed by atoms with van der Waals surface area (Å²) in [5, 5.41) is 81.1. The highest BCUT2D eigenvalue weighted by atomic mass is 16.5. The Bertz CT molecular complexity index is 1490. The first-order valence-corrected chi connectivity index (χ1v) is 11.5. The fourth-order valence-corrected chi connectivity index (χ4v) is 3.83. The van der Waals surface area contributed by atoms with Crippen LogP contribution in [0, 0.1) is 0 Å². The van der Waals surface area contributed by atoms with Crippen LogP contribution in [-0.2, 0) is 0 Å². The quantitative estimate of drug-likeness (QED) is 0.0974. The summed E-state index contributed by atoms with van der Waals surface area (Å²) in [5.74, 6) is -9.64. The molecule has 12 heteroatoms. The van der Waals surface area contributed by atoms with Gasteiger partial charge in [0.1, 0.15) is 34.1 Å². The maximum atomic E-state index is 12.8. The van der Waals surface area contributed by atoms with Crippen LogP contribution in [0.25, 0.3) is 0 Å². The monoisotopic (exact) mass is 550 g/mol. The van der Waals surface area contributed by atoms with Crippen LogP contribution < -0.4 is 9.47 Å². The zero-order valence-corrected chi connectivity index (χ0v) is 20.6. The van der Waals surface area contributed by atoms with Crippen molar-refractivity contribution in [2.24, 2.45) is 0 Å². The molecule has 4 aromatic carbocycles. The highest BCUT2D eigenvalue weighted by Crippen LogP contribution is 2.49. The Morgan fingerprint density at radius 1 is 0.525 bits per heavy atom. The smallest absolute Gasteiger partial charge is 0.347 e. The van der Waals surface area contributed by atoms with Crippen molar-refractivity contribution >= 4 is 11.9 Å². The topological polar surface area (TPSA) is 214 Å². The van der Waals surface area contributed by atoms with Gasteiger partial charge in [0.25, 0.3) is 0 Å². The Hall–Kier alpha value is -5.78. The van der Waals surface area contributed by atoms with Crippen LogP contribution in [0.4, 0.5) is 0 Å². The minimum atomic E-state index is -1.18. The molecule has 0 unspecified atom stereocenters. The molecule has 4 rings (SSSR count). The molecule has 0 amide bonds. The van der Waals surface area contributed by atoms with Crippen molar-refractivity contribution in [1.82, 2.24) is 0 Å². The predicted octanol–water partition coefficient (Wildman–Crippen LogP) is 3.92. The summed E-state index contributed by atoms with van der Waals surface area (Å²) in [5.41, 5.74) is -1.66. The highest BCUT2D eigenvalue weighted by molar-refractivity contribution is 5.97. The summed E-state index contributed by atoms with van der Waals surface area (Å²) < 4.78 is 10.3. The van der Waals surface area contributed by atoms with Gasteiger partial charge in [0, 0.05) is 17.0 Å². The first kappa shape index (κ1) is 27.3. The summed E-state index contributed by atoms with van der Waals surface area (Å²) >= 11 is 0. The number of hydrogen-bond acceptors (Lipinski definition) is 12. The van der Waals surface area contributed by atoms with Crippen molar-refractivity contribution in [3.05, 3.63) is 82.9 Å². The minimum Gasteiger partial charge on any atom is -0.508 e. The van der Waals surface area contributed by atoms with Gasteiger partial charge < -0.3 is 50.3 Å². The Labute approximate surface area is 225 Å². The highest BCUT2D eigenvalue weighted by Gasteiger charge is 2.30. The standard InChI is InChI=1S/C28H22O12/c1-12(17-10-19(23(33)25(35)21(17)31)27(37)39-15-6-2-13(29)3-7-15)18-11-20(24(34)26(36)22(18)32)28(38)40-16-8-4-14(30)5-9-16/h2-12,29-36H,1H3. The third-order valence-electron chi connectivity index (χ3n) is 6.02. The number of carbonyl (C=O) groups is 2. The minimum absolute atomic E-state index is 0.0118. The van der Waals surface area contributed by atoms with Crippen molar-refractivity contribution in [2.45, 2.75) is 12.8 Å². The second-order valence-electron chi connectivity index (χ2n) is 8.61. The van der Waals surface area contributed by atoms with Crippen molar-refractivity contribution < 1.29 is 59.9 Å². The van der Waals surface area contributed by atoms with Gasteiger partial charge in [-0.2, -0.15) is 0 Å². The molecular weight excluding hydrogens is 528 g/mol. The Morgan fingerprint density at radius 2 is 0.850 bits per heavy atom. The average molecular weight is 550 g/mol. The van der Waals surface area contributed by atoms with E-state index < -0.39 is 63.5 Å². The molecule has 0 fully saturated rings. The fraction of sp³-hybridized carbons (Fsp3) is 0.0714. The predicted molar refractivity (Wildman–Crippen MR) is 137 cm³/mol. The molecule has 0 aliphatic heterocycles. The lowest BCUT2D eigenvalue weighted by molar-refractivity contribution is 0.0720. The molecule has 0 radical (unpaired) electrons. The number of aromatic hydroxyl groups is 8. The van der Waals surface area contributed by atoms with Crippen LogP contribution in [-0.4, -0.2) is 52.8 Å². The molecule has 0 aromatic heterocycles. The lowest BCUT2D eigenvalue weighted by Gasteiger charge is -2.20. The zero-order chi connectivity index (χ0) is 29.3. The summed E-state index contributed by atoms with van der Waals surface area (Å²) in [6, 6.07) is 12.0.